The topological polar surface area (TPSA) is 45.7 Å². The van der Waals surface area contributed by atoms with Gasteiger partial charge in [0.1, 0.15) is 5.75 Å². The number of piperidine rings is 1. The lowest BCUT2D eigenvalue weighted by molar-refractivity contribution is 0.0580. The highest BCUT2D eigenvalue weighted by Gasteiger charge is 2.27. The quantitative estimate of drug-likeness (QED) is 0.448. The molecule has 1 atom stereocenters. The van der Waals surface area contributed by atoms with Crippen molar-refractivity contribution in [1.82, 2.24) is 14.8 Å². The van der Waals surface area contributed by atoms with Gasteiger partial charge in [-0.1, -0.05) is 18.2 Å². The molecule has 6 heteroatoms. The molecule has 0 radical (unpaired) electrons. The number of likely N-dealkylation sites (tertiary alicyclic amines) is 1. The van der Waals surface area contributed by atoms with Crippen LogP contribution in [0.4, 0.5) is 0 Å². The second kappa shape index (κ2) is 11.2. The van der Waals surface area contributed by atoms with Crippen molar-refractivity contribution < 1.29 is 9.53 Å². The van der Waals surface area contributed by atoms with Gasteiger partial charge in [0.2, 0.25) is 0 Å². The number of hydrogen-bond acceptors (Lipinski definition) is 5. The average Bonchev–Trinajstić information content (AvgIpc) is 3.33. The molecule has 5 nitrogen and oxygen atoms in total. The van der Waals surface area contributed by atoms with E-state index >= 15 is 0 Å². The van der Waals surface area contributed by atoms with E-state index in [0.29, 0.717) is 12.2 Å². The summed E-state index contributed by atoms with van der Waals surface area (Å²) in [6, 6.07) is 16.5. The van der Waals surface area contributed by atoms with Crippen LogP contribution in [0, 0.1) is 0 Å². The molecule has 0 spiro atoms. The molecule has 1 amide bonds. The number of benzene rings is 1. The number of rotatable bonds is 9. The Balaban J connectivity index is 1.25. The first-order chi connectivity index (χ1) is 15.7. The maximum atomic E-state index is 12.9. The third kappa shape index (κ3) is 6.17. The van der Waals surface area contributed by atoms with Crippen molar-refractivity contribution in [2.24, 2.45) is 0 Å². The highest BCUT2D eigenvalue weighted by atomic mass is 32.1. The number of carbonyl (C=O) groups is 1. The average molecular weight is 450 g/mol. The van der Waals surface area contributed by atoms with Crippen molar-refractivity contribution in [3.63, 3.8) is 0 Å². The lowest BCUT2D eigenvalue weighted by Crippen LogP contribution is -2.44. The van der Waals surface area contributed by atoms with E-state index in [4.69, 9.17) is 4.74 Å². The Hall–Kier alpha value is -2.70. The van der Waals surface area contributed by atoms with E-state index < -0.39 is 0 Å². The van der Waals surface area contributed by atoms with Crippen LogP contribution in [0.3, 0.4) is 0 Å². The fraction of sp³-hybridized carbons (Fsp3) is 0.385. The number of ether oxygens (including phenoxy) is 1. The van der Waals surface area contributed by atoms with Crippen molar-refractivity contribution in [3.05, 3.63) is 82.3 Å². The summed E-state index contributed by atoms with van der Waals surface area (Å²) in [5.41, 5.74) is 1.94. The normalized spacial score (nSPS) is 16.3. The predicted molar refractivity (Wildman–Crippen MR) is 129 cm³/mol. The van der Waals surface area contributed by atoms with E-state index in [-0.39, 0.29) is 11.9 Å². The minimum Gasteiger partial charge on any atom is -0.494 e. The lowest BCUT2D eigenvalue weighted by Gasteiger charge is -2.35. The summed E-state index contributed by atoms with van der Waals surface area (Å²) in [6.45, 7) is 3.29. The van der Waals surface area contributed by atoms with Gasteiger partial charge in [0.25, 0.3) is 5.91 Å². The molecule has 0 bridgehead atoms. The first-order valence-electron chi connectivity index (χ1n) is 11.3. The maximum Gasteiger partial charge on any atom is 0.255 e. The molecular weight excluding hydrogens is 418 g/mol. The minimum absolute atomic E-state index is 0.0822. The van der Waals surface area contributed by atoms with E-state index in [1.165, 1.54) is 10.4 Å². The molecule has 32 heavy (non-hydrogen) atoms. The summed E-state index contributed by atoms with van der Waals surface area (Å²) in [4.78, 5) is 22.7. The van der Waals surface area contributed by atoms with Gasteiger partial charge in [0.15, 0.2) is 0 Å². The molecule has 168 valence electrons. The number of carbonyl (C=O) groups excluding carboxylic acids is 1. The van der Waals surface area contributed by atoms with Gasteiger partial charge in [-0.15, -0.1) is 11.3 Å². The fourth-order valence-corrected chi connectivity index (χ4v) is 5.05. The van der Waals surface area contributed by atoms with Crippen LogP contribution in [0.2, 0.25) is 0 Å². The van der Waals surface area contributed by atoms with Crippen LogP contribution in [-0.4, -0.2) is 46.9 Å². The van der Waals surface area contributed by atoms with Gasteiger partial charge in [-0.25, -0.2) is 0 Å². The number of amides is 1. The van der Waals surface area contributed by atoms with E-state index in [2.05, 4.69) is 46.6 Å². The van der Waals surface area contributed by atoms with Crippen LogP contribution in [0.1, 0.15) is 46.5 Å². The zero-order valence-corrected chi connectivity index (χ0v) is 19.5. The van der Waals surface area contributed by atoms with Gasteiger partial charge in [0.05, 0.1) is 12.2 Å². The Morgan fingerprint density at radius 1 is 1.16 bits per heavy atom. The largest absolute Gasteiger partial charge is 0.494 e. The third-order valence-electron chi connectivity index (χ3n) is 5.90. The monoisotopic (exact) mass is 449 g/mol. The SMILES string of the molecule is CN(Cc1ccc(OCC[C@H]2CCCCN2C(=O)c2cccnc2)cc1)Cc1cccs1. The maximum absolute atomic E-state index is 12.9. The van der Waals surface area contributed by atoms with Crippen molar-refractivity contribution in [1.29, 1.82) is 0 Å². The molecule has 1 saturated heterocycles. The predicted octanol–water partition coefficient (Wildman–Crippen LogP) is 5.24. The summed E-state index contributed by atoms with van der Waals surface area (Å²) in [6.07, 6.45) is 7.46. The molecule has 0 saturated carbocycles. The van der Waals surface area contributed by atoms with Crippen LogP contribution >= 0.6 is 11.3 Å². The molecule has 3 aromatic rings. The van der Waals surface area contributed by atoms with Gasteiger partial charge >= 0.3 is 0 Å². The van der Waals surface area contributed by atoms with Gasteiger partial charge in [-0.3, -0.25) is 14.7 Å². The van der Waals surface area contributed by atoms with Crippen molar-refractivity contribution in [2.45, 2.75) is 44.8 Å². The highest BCUT2D eigenvalue weighted by Crippen LogP contribution is 2.23. The van der Waals surface area contributed by atoms with Crippen LogP contribution in [0.5, 0.6) is 5.75 Å². The third-order valence-corrected chi connectivity index (χ3v) is 6.76. The molecule has 0 N–H and O–H groups in total. The number of pyridine rings is 1. The smallest absolute Gasteiger partial charge is 0.255 e. The summed E-state index contributed by atoms with van der Waals surface area (Å²) in [7, 11) is 2.15. The zero-order valence-electron chi connectivity index (χ0n) is 18.7. The van der Waals surface area contributed by atoms with Crippen LogP contribution < -0.4 is 4.74 Å². The zero-order chi connectivity index (χ0) is 22.2. The van der Waals surface area contributed by atoms with Crippen molar-refractivity contribution in [2.75, 3.05) is 20.2 Å². The molecule has 2 aromatic heterocycles. The number of aromatic nitrogens is 1. The molecular formula is C26H31N3O2S. The Morgan fingerprint density at radius 2 is 2.03 bits per heavy atom. The second-order valence-electron chi connectivity index (χ2n) is 8.42. The van der Waals surface area contributed by atoms with Crippen LogP contribution in [0.15, 0.2) is 66.3 Å². The van der Waals surface area contributed by atoms with Crippen molar-refractivity contribution in [3.8, 4) is 5.75 Å². The molecule has 4 rings (SSSR count). The number of thiophene rings is 1. The van der Waals surface area contributed by atoms with Crippen molar-refractivity contribution >= 4 is 17.2 Å². The van der Waals surface area contributed by atoms with Gasteiger partial charge in [-0.05, 0) is 67.6 Å². The molecule has 3 heterocycles. The molecule has 0 aliphatic carbocycles. The van der Waals surface area contributed by atoms with Crippen LogP contribution in [0.25, 0.3) is 0 Å². The first kappa shape index (κ1) is 22.5. The Labute approximate surface area is 194 Å². The van der Waals surface area contributed by atoms with E-state index in [0.717, 1.165) is 51.1 Å². The molecule has 1 fully saturated rings. The van der Waals surface area contributed by atoms with Gasteiger partial charge in [0, 0.05) is 49.4 Å². The summed E-state index contributed by atoms with van der Waals surface area (Å²) >= 11 is 1.80. The van der Waals surface area contributed by atoms with Crippen LogP contribution in [-0.2, 0) is 13.1 Å². The molecule has 1 aromatic carbocycles. The lowest BCUT2D eigenvalue weighted by atomic mass is 9.98. The summed E-state index contributed by atoms with van der Waals surface area (Å²) < 4.78 is 6.03. The standard InChI is InChI=1S/C26H31N3O2S/c1-28(20-25-8-5-17-32-25)19-21-9-11-24(12-10-21)31-16-13-23-7-2-3-15-29(23)26(30)22-6-4-14-27-18-22/h4-6,8-12,14,17-18,23H,2-3,7,13,15-16,19-20H2,1H3/t23-/m1/s1. The summed E-state index contributed by atoms with van der Waals surface area (Å²) in [5.74, 6) is 0.967. The van der Waals surface area contributed by atoms with E-state index in [9.17, 15) is 4.79 Å². The molecule has 1 aliphatic heterocycles. The Bertz CT molecular complexity index is 961. The van der Waals surface area contributed by atoms with Gasteiger partial charge in [-0.2, -0.15) is 0 Å². The first-order valence-corrected chi connectivity index (χ1v) is 12.2. The fourth-order valence-electron chi connectivity index (χ4n) is 4.26. The number of nitrogens with zero attached hydrogens (tertiary/aromatic N) is 3. The van der Waals surface area contributed by atoms with E-state index in [1.807, 2.05) is 29.2 Å². The van der Waals surface area contributed by atoms with Gasteiger partial charge < -0.3 is 9.64 Å². The van der Waals surface area contributed by atoms with E-state index in [1.54, 1.807) is 23.7 Å². The minimum atomic E-state index is 0.0822. The Morgan fingerprint density at radius 3 is 2.78 bits per heavy atom. The highest BCUT2D eigenvalue weighted by molar-refractivity contribution is 7.09. The Kier molecular flexibility index (Phi) is 7.91. The molecule has 0 unspecified atom stereocenters. The molecule has 1 aliphatic rings. The number of hydrogen-bond donors (Lipinski definition) is 0. The summed E-state index contributed by atoms with van der Waals surface area (Å²) in [5, 5.41) is 2.12. The second-order valence-corrected chi connectivity index (χ2v) is 9.45.